The van der Waals surface area contributed by atoms with E-state index in [-0.39, 0.29) is 5.91 Å². The van der Waals surface area contributed by atoms with E-state index < -0.39 is 0 Å². The standard InChI is InChI=1S/C23H29N3O3S/c1-26(15-16-8-7-10-19(28-2)22(16)29-3)13-12-21(27)25-23-18(14-24)17-9-5-4-6-11-20(17)30-23/h7-8,10H,4-6,9,11-13,15H2,1-3H3,(H,25,27). The van der Waals surface area contributed by atoms with Gasteiger partial charge in [-0.1, -0.05) is 18.6 Å². The molecular formula is C23H29N3O3S. The Morgan fingerprint density at radius 2 is 2.03 bits per heavy atom. The molecule has 160 valence electrons. The van der Waals surface area contributed by atoms with Crippen LogP contribution >= 0.6 is 11.3 Å². The van der Waals surface area contributed by atoms with Gasteiger partial charge in [0.05, 0.1) is 19.8 Å². The molecule has 7 heteroatoms. The molecule has 0 bridgehead atoms. The second-order valence-corrected chi connectivity index (χ2v) is 8.67. The molecule has 0 unspecified atom stereocenters. The number of para-hydroxylation sites is 1. The highest BCUT2D eigenvalue weighted by molar-refractivity contribution is 7.16. The first-order valence-corrected chi connectivity index (χ1v) is 11.1. The maximum atomic E-state index is 12.6. The number of ether oxygens (including phenoxy) is 2. The number of fused-ring (bicyclic) bond motifs is 1. The van der Waals surface area contributed by atoms with Gasteiger partial charge in [0.25, 0.3) is 0 Å². The summed E-state index contributed by atoms with van der Waals surface area (Å²) in [5.41, 5.74) is 2.82. The number of carbonyl (C=O) groups is 1. The van der Waals surface area contributed by atoms with Crippen molar-refractivity contribution in [1.29, 1.82) is 5.26 Å². The molecule has 1 N–H and O–H groups in total. The Kier molecular flexibility index (Phi) is 7.72. The van der Waals surface area contributed by atoms with Crippen LogP contribution in [0.1, 0.15) is 47.3 Å². The zero-order chi connectivity index (χ0) is 21.5. The second-order valence-electron chi connectivity index (χ2n) is 7.57. The molecule has 1 amide bonds. The third-order valence-electron chi connectivity index (χ3n) is 5.43. The summed E-state index contributed by atoms with van der Waals surface area (Å²) in [6.45, 7) is 1.24. The number of aryl methyl sites for hydroxylation is 1. The van der Waals surface area contributed by atoms with Crippen molar-refractivity contribution >= 4 is 22.2 Å². The maximum absolute atomic E-state index is 12.6. The lowest BCUT2D eigenvalue weighted by Gasteiger charge is -2.19. The molecule has 1 aromatic carbocycles. The van der Waals surface area contributed by atoms with Gasteiger partial charge in [-0.05, 0) is 44.4 Å². The first-order valence-electron chi connectivity index (χ1n) is 10.3. The highest BCUT2D eigenvalue weighted by Crippen LogP contribution is 2.37. The number of hydrogen-bond donors (Lipinski definition) is 1. The van der Waals surface area contributed by atoms with Crippen LogP contribution < -0.4 is 14.8 Å². The lowest BCUT2D eigenvalue weighted by atomic mass is 10.1. The van der Waals surface area contributed by atoms with Crippen molar-refractivity contribution in [2.24, 2.45) is 0 Å². The Morgan fingerprint density at radius 3 is 2.77 bits per heavy atom. The molecule has 0 fully saturated rings. The van der Waals surface area contributed by atoms with E-state index in [0.29, 0.717) is 35.8 Å². The minimum Gasteiger partial charge on any atom is -0.493 e. The van der Waals surface area contributed by atoms with Gasteiger partial charge in [-0.15, -0.1) is 11.3 Å². The first-order chi connectivity index (χ1) is 14.6. The van der Waals surface area contributed by atoms with Crippen LogP contribution in [0.15, 0.2) is 18.2 Å². The van der Waals surface area contributed by atoms with E-state index in [2.05, 4.69) is 16.3 Å². The average molecular weight is 428 g/mol. The van der Waals surface area contributed by atoms with Gasteiger partial charge < -0.3 is 19.7 Å². The first kappa shape index (κ1) is 22.1. The van der Waals surface area contributed by atoms with Crippen LogP contribution in [0.4, 0.5) is 5.00 Å². The Hall–Kier alpha value is -2.56. The van der Waals surface area contributed by atoms with Crippen molar-refractivity contribution < 1.29 is 14.3 Å². The number of benzene rings is 1. The number of amides is 1. The maximum Gasteiger partial charge on any atom is 0.226 e. The number of carbonyl (C=O) groups excluding carboxylic acids is 1. The smallest absolute Gasteiger partial charge is 0.226 e. The van der Waals surface area contributed by atoms with E-state index >= 15 is 0 Å². The van der Waals surface area contributed by atoms with Crippen molar-refractivity contribution in [1.82, 2.24) is 4.90 Å². The lowest BCUT2D eigenvalue weighted by molar-refractivity contribution is -0.116. The van der Waals surface area contributed by atoms with Crippen molar-refractivity contribution in [3.05, 3.63) is 39.8 Å². The third-order valence-corrected chi connectivity index (χ3v) is 6.64. The summed E-state index contributed by atoms with van der Waals surface area (Å²) in [4.78, 5) is 15.9. The molecule has 1 aromatic heterocycles. The molecule has 0 radical (unpaired) electrons. The monoisotopic (exact) mass is 427 g/mol. The summed E-state index contributed by atoms with van der Waals surface area (Å²) in [6, 6.07) is 8.11. The number of nitrogens with one attached hydrogen (secondary N) is 1. The van der Waals surface area contributed by atoms with Gasteiger partial charge in [0.1, 0.15) is 11.1 Å². The van der Waals surface area contributed by atoms with Gasteiger partial charge in [0, 0.05) is 30.0 Å². The molecule has 0 saturated heterocycles. The summed E-state index contributed by atoms with van der Waals surface area (Å²) in [7, 11) is 5.22. The van der Waals surface area contributed by atoms with Crippen LogP contribution in [-0.2, 0) is 24.2 Å². The molecule has 0 spiro atoms. The molecule has 3 rings (SSSR count). The van der Waals surface area contributed by atoms with E-state index in [1.807, 2.05) is 25.2 Å². The number of rotatable bonds is 8. The third kappa shape index (κ3) is 5.13. The Labute approximate surface area is 182 Å². The van der Waals surface area contributed by atoms with E-state index in [1.165, 1.54) is 11.3 Å². The van der Waals surface area contributed by atoms with Gasteiger partial charge in [-0.2, -0.15) is 5.26 Å². The lowest BCUT2D eigenvalue weighted by Crippen LogP contribution is -2.24. The molecule has 1 heterocycles. The van der Waals surface area contributed by atoms with E-state index in [9.17, 15) is 10.1 Å². The Morgan fingerprint density at radius 1 is 1.23 bits per heavy atom. The fourth-order valence-electron chi connectivity index (χ4n) is 3.88. The second kappa shape index (κ2) is 10.5. The van der Waals surface area contributed by atoms with Gasteiger partial charge in [-0.3, -0.25) is 4.79 Å². The molecule has 0 aliphatic heterocycles. The normalized spacial score (nSPS) is 13.3. The van der Waals surface area contributed by atoms with Gasteiger partial charge in [-0.25, -0.2) is 0 Å². The van der Waals surface area contributed by atoms with Crippen LogP contribution in [0.2, 0.25) is 0 Å². The average Bonchev–Trinajstić information content (AvgIpc) is 2.90. The number of anilines is 1. The molecule has 1 aliphatic rings. The summed E-state index contributed by atoms with van der Waals surface area (Å²) < 4.78 is 10.8. The number of nitriles is 1. The molecule has 6 nitrogen and oxygen atoms in total. The quantitative estimate of drug-likeness (QED) is 0.634. The van der Waals surface area contributed by atoms with Crippen LogP contribution in [0, 0.1) is 11.3 Å². The zero-order valence-electron chi connectivity index (χ0n) is 17.9. The SMILES string of the molecule is COc1cccc(CN(C)CCC(=O)Nc2sc3c(c2C#N)CCCCC3)c1OC. The number of methoxy groups -OCH3 is 2. The largest absolute Gasteiger partial charge is 0.493 e. The summed E-state index contributed by atoms with van der Waals surface area (Å²) >= 11 is 1.58. The molecule has 30 heavy (non-hydrogen) atoms. The fraction of sp³-hybridized carbons (Fsp3) is 0.478. The van der Waals surface area contributed by atoms with Crippen LogP contribution in [0.3, 0.4) is 0 Å². The van der Waals surface area contributed by atoms with E-state index in [1.54, 1.807) is 25.6 Å². The molecule has 1 aliphatic carbocycles. The van der Waals surface area contributed by atoms with E-state index in [0.717, 1.165) is 42.6 Å². The minimum absolute atomic E-state index is 0.0626. The van der Waals surface area contributed by atoms with Crippen LogP contribution in [-0.4, -0.2) is 38.6 Å². The number of nitrogens with zero attached hydrogens (tertiary/aromatic N) is 2. The topological polar surface area (TPSA) is 74.6 Å². The van der Waals surface area contributed by atoms with Gasteiger partial charge in [0.15, 0.2) is 11.5 Å². The van der Waals surface area contributed by atoms with Crippen molar-refractivity contribution in [2.45, 2.75) is 45.1 Å². The van der Waals surface area contributed by atoms with Gasteiger partial charge >= 0.3 is 0 Å². The number of hydrogen-bond acceptors (Lipinski definition) is 6. The summed E-state index contributed by atoms with van der Waals surface area (Å²) in [5.74, 6) is 1.35. The van der Waals surface area contributed by atoms with E-state index in [4.69, 9.17) is 9.47 Å². The zero-order valence-corrected chi connectivity index (χ0v) is 18.7. The minimum atomic E-state index is -0.0626. The van der Waals surface area contributed by atoms with Gasteiger partial charge in [0.2, 0.25) is 5.91 Å². The Bertz CT molecular complexity index is 933. The highest BCUT2D eigenvalue weighted by Gasteiger charge is 2.21. The van der Waals surface area contributed by atoms with Crippen molar-refractivity contribution in [3.63, 3.8) is 0 Å². The van der Waals surface area contributed by atoms with Crippen molar-refractivity contribution in [3.8, 4) is 17.6 Å². The predicted octanol–water partition coefficient (Wildman–Crippen LogP) is 4.37. The predicted molar refractivity (Wildman–Crippen MR) is 119 cm³/mol. The van der Waals surface area contributed by atoms with Crippen LogP contribution in [0.25, 0.3) is 0 Å². The summed E-state index contributed by atoms with van der Waals surface area (Å²) in [6.07, 6.45) is 5.79. The fourth-order valence-corrected chi connectivity index (χ4v) is 5.13. The van der Waals surface area contributed by atoms with Crippen molar-refractivity contribution in [2.75, 3.05) is 33.1 Å². The molecular weight excluding hydrogens is 398 g/mol. The molecule has 0 atom stereocenters. The highest BCUT2D eigenvalue weighted by atomic mass is 32.1. The van der Waals surface area contributed by atoms with Crippen LogP contribution in [0.5, 0.6) is 11.5 Å². The molecule has 0 saturated carbocycles. The molecule has 2 aromatic rings. The number of thiophene rings is 1. The Balaban J connectivity index is 1.58. The summed E-state index contributed by atoms with van der Waals surface area (Å²) in [5, 5.41) is 13.3.